The molecule has 0 unspecified atom stereocenters. The van der Waals surface area contributed by atoms with Crippen molar-refractivity contribution < 1.29 is 12.9 Å². The van der Waals surface area contributed by atoms with Crippen LogP contribution in [-0.2, 0) is 10.0 Å². The van der Waals surface area contributed by atoms with Crippen molar-refractivity contribution in [3.8, 4) is 0 Å². The Morgan fingerprint density at radius 3 is 2.42 bits per heavy atom. The number of nitrogens with zero attached hydrogens (tertiary/aromatic N) is 3. The minimum Gasteiger partial charge on any atom is -0.360 e. The van der Waals surface area contributed by atoms with Gasteiger partial charge in [0, 0.05) is 24.1 Å². The van der Waals surface area contributed by atoms with Crippen molar-refractivity contribution in [2.24, 2.45) is 0 Å². The molecule has 0 aliphatic heterocycles. The third-order valence-corrected chi connectivity index (χ3v) is 4.63. The standard InChI is InChI=1S/C15H14N6O3S2/c1-10-9-13(20-24-10)19-15(25)18-11-3-5-12(6-4-11)26(22,23)21-14-16-7-2-8-17-14/h2-9H,1H3,(H,16,17,21)(H2,18,19,20,25). The van der Waals surface area contributed by atoms with Crippen molar-refractivity contribution in [1.29, 1.82) is 0 Å². The Bertz CT molecular complexity index is 1000. The van der Waals surface area contributed by atoms with Gasteiger partial charge in [-0.05, 0) is 49.5 Å². The second kappa shape index (κ2) is 7.45. The Kier molecular flexibility index (Phi) is 5.09. The van der Waals surface area contributed by atoms with Gasteiger partial charge in [-0.3, -0.25) is 0 Å². The Morgan fingerprint density at radius 1 is 1.12 bits per heavy atom. The molecular formula is C15H14N6O3S2. The van der Waals surface area contributed by atoms with Crippen LogP contribution in [0, 0.1) is 6.92 Å². The van der Waals surface area contributed by atoms with E-state index in [1.165, 1.54) is 24.5 Å². The number of nitrogens with one attached hydrogen (secondary N) is 3. The van der Waals surface area contributed by atoms with Crippen molar-refractivity contribution in [3.05, 3.63) is 54.6 Å². The number of benzene rings is 1. The molecule has 26 heavy (non-hydrogen) atoms. The van der Waals surface area contributed by atoms with Crippen LogP contribution < -0.4 is 15.4 Å². The fourth-order valence-electron chi connectivity index (χ4n) is 1.95. The molecule has 3 rings (SSSR count). The molecule has 2 heterocycles. The maximum absolute atomic E-state index is 12.3. The molecule has 0 bridgehead atoms. The van der Waals surface area contributed by atoms with Gasteiger partial charge in [0.2, 0.25) is 5.95 Å². The SMILES string of the molecule is Cc1cc(NC(=S)Nc2ccc(S(=O)(=O)Nc3ncccn3)cc2)no1. The molecule has 0 spiro atoms. The van der Waals surface area contributed by atoms with Crippen molar-refractivity contribution in [3.63, 3.8) is 0 Å². The largest absolute Gasteiger partial charge is 0.360 e. The van der Waals surface area contributed by atoms with Gasteiger partial charge >= 0.3 is 0 Å². The Labute approximate surface area is 154 Å². The summed E-state index contributed by atoms with van der Waals surface area (Å²) in [4.78, 5) is 7.74. The van der Waals surface area contributed by atoms with E-state index in [1.807, 2.05) is 0 Å². The van der Waals surface area contributed by atoms with E-state index in [2.05, 4.69) is 30.5 Å². The number of aryl methyl sites for hydroxylation is 1. The molecule has 1 aromatic carbocycles. The van der Waals surface area contributed by atoms with Crippen molar-refractivity contribution in [2.45, 2.75) is 11.8 Å². The van der Waals surface area contributed by atoms with E-state index in [4.69, 9.17) is 16.7 Å². The fraction of sp³-hybridized carbons (Fsp3) is 0.0667. The third-order valence-electron chi connectivity index (χ3n) is 3.08. The molecule has 2 aromatic heterocycles. The van der Waals surface area contributed by atoms with Gasteiger partial charge in [0.1, 0.15) is 5.76 Å². The minimum atomic E-state index is -3.78. The zero-order valence-electron chi connectivity index (χ0n) is 13.5. The number of anilines is 3. The molecule has 0 aliphatic rings. The van der Waals surface area contributed by atoms with E-state index in [1.54, 1.807) is 31.2 Å². The van der Waals surface area contributed by atoms with Gasteiger partial charge in [-0.1, -0.05) is 5.16 Å². The number of thiocarbonyl (C=S) groups is 1. The molecule has 0 radical (unpaired) electrons. The minimum absolute atomic E-state index is 0.00276. The number of hydrogen-bond donors (Lipinski definition) is 3. The molecule has 0 saturated carbocycles. The maximum Gasteiger partial charge on any atom is 0.264 e. The summed E-state index contributed by atoms with van der Waals surface area (Å²) in [6.45, 7) is 1.77. The van der Waals surface area contributed by atoms with Crippen LogP contribution in [-0.4, -0.2) is 28.7 Å². The Balaban J connectivity index is 1.65. The van der Waals surface area contributed by atoms with Crippen molar-refractivity contribution >= 4 is 44.8 Å². The van der Waals surface area contributed by atoms with Gasteiger partial charge in [0.15, 0.2) is 10.9 Å². The van der Waals surface area contributed by atoms with E-state index in [0.717, 1.165) is 0 Å². The lowest BCUT2D eigenvalue weighted by Gasteiger charge is -2.10. The van der Waals surface area contributed by atoms with Crippen LogP contribution in [0.15, 0.2) is 58.2 Å². The number of hydrogen-bond acceptors (Lipinski definition) is 7. The quantitative estimate of drug-likeness (QED) is 0.564. The smallest absolute Gasteiger partial charge is 0.264 e. The first kappa shape index (κ1) is 17.8. The van der Waals surface area contributed by atoms with Crippen LogP contribution in [0.1, 0.15) is 5.76 Å². The second-order valence-corrected chi connectivity index (χ2v) is 7.19. The highest BCUT2D eigenvalue weighted by Crippen LogP contribution is 2.17. The Hall–Kier alpha value is -3.05. The highest BCUT2D eigenvalue weighted by atomic mass is 32.2. The lowest BCUT2D eigenvalue weighted by Crippen LogP contribution is -2.19. The first-order valence-electron chi connectivity index (χ1n) is 7.34. The molecule has 3 aromatic rings. The second-order valence-electron chi connectivity index (χ2n) is 5.10. The summed E-state index contributed by atoms with van der Waals surface area (Å²) < 4.78 is 31.9. The zero-order valence-corrected chi connectivity index (χ0v) is 15.1. The van der Waals surface area contributed by atoms with Gasteiger partial charge in [-0.15, -0.1) is 0 Å². The summed E-state index contributed by atoms with van der Waals surface area (Å²) in [6.07, 6.45) is 2.89. The molecule has 0 fully saturated rings. The van der Waals surface area contributed by atoms with Crippen LogP contribution in [0.4, 0.5) is 17.5 Å². The highest BCUT2D eigenvalue weighted by Gasteiger charge is 2.15. The Morgan fingerprint density at radius 2 is 1.81 bits per heavy atom. The molecule has 3 N–H and O–H groups in total. The lowest BCUT2D eigenvalue weighted by molar-refractivity contribution is 0.400. The summed E-state index contributed by atoms with van der Waals surface area (Å²) in [5.41, 5.74) is 0.609. The normalized spacial score (nSPS) is 11.0. The third kappa shape index (κ3) is 4.52. The molecule has 0 aliphatic carbocycles. The predicted octanol–water partition coefficient (Wildman–Crippen LogP) is 2.38. The number of aromatic nitrogens is 3. The summed E-state index contributed by atoms with van der Waals surface area (Å²) >= 11 is 5.17. The molecule has 0 saturated heterocycles. The molecule has 11 heteroatoms. The lowest BCUT2D eigenvalue weighted by atomic mass is 10.3. The van der Waals surface area contributed by atoms with Gasteiger partial charge in [-0.25, -0.2) is 23.1 Å². The highest BCUT2D eigenvalue weighted by molar-refractivity contribution is 7.92. The zero-order chi connectivity index (χ0) is 18.6. The fourth-order valence-corrected chi connectivity index (χ4v) is 3.13. The molecule has 9 nitrogen and oxygen atoms in total. The summed E-state index contributed by atoms with van der Waals surface area (Å²) in [5.74, 6) is 1.13. The van der Waals surface area contributed by atoms with E-state index < -0.39 is 10.0 Å². The van der Waals surface area contributed by atoms with E-state index >= 15 is 0 Å². The van der Waals surface area contributed by atoms with Gasteiger partial charge < -0.3 is 15.2 Å². The molecule has 0 atom stereocenters. The summed E-state index contributed by atoms with van der Waals surface area (Å²) in [7, 11) is -3.78. The van der Waals surface area contributed by atoms with Gasteiger partial charge in [0.25, 0.3) is 10.0 Å². The molecule has 0 amide bonds. The monoisotopic (exact) mass is 390 g/mol. The van der Waals surface area contributed by atoms with Crippen LogP contribution in [0.5, 0.6) is 0 Å². The van der Waals surface area contributed by atoms with Gasteiger partial charge in [-0.2, -0.15) is 0 Å². The van der Waals surface area contributed by atoms with E-state index in [9.17, 15) is 8.42 Å². The average molecular weight is 390 g/mol. The summed E-state index contributed by atoms with van der Waals surface area (Å²) in [5, 5.41) is 9.85. The van der Waals surface area contributed by atoms with E-state index in [-0.39, 0.29) is 10.8 Å². The van der Waals surface area contributed by atoms with E-state index in [0.29, 0.717) is 22.4 Å². The van der Waals surface area contributed by atoms with Crippen LogP contribution in [0.3, 0.4) is 0 Å². The van der Waals surface area contributed by atoms with Crippen molar-refractivity contribution in [1.82, 2.24) is 15.1 Å². The number of rotatable bonds is 5. The molecular weight excluding hydrogens is 376 g/mol. The average Bonchev–Trinajstić information content (AvgIpc) is 3.00. The molecule has 134 valence electrons. The summed E-state index contributed by atoms with van der Waals surface area (Å²) in [6, 6.07) is 9.34. The predicted molar refractivity (Wildman–Crippen MR) is 100 cm³/mol. The van der Waals surface area contributed by atoms with Crippen molar-refractivity contribution in [2.75, 3.05) is 15.4 Å². The van der Waals surface area contributed by atoms with Crippen LogP contribution >= 0.6 is 12.2 Å². The topological polar surface area (TPSA) is 122 Å². The van der Waals surface area contributed by atoms with Crippen LogP contribution in [0.25, 0.3) is 0 Å². The first-order chi connectivity index (χ1) is 12.4. The van der Waals surface area contributed by atoms with Gasteiger partial charge in [0.05, 0.1) is 4.90 Å². The van der Waals surface area contributed by atoms with Crippen LogP contribution in [0.2, 0.25) is 0 Å². The number of sulfonamides is 1. The maximum atomic E-state index is 12.3. The first-order valence-corrected chi connectivity index (χ1v) is 9.23.